The average molecular weight is 319 g/mol. The molecule has 0 aliphatic carbocycles. The maximum atomic E-state index is 8.87. The number of halogens is 1. The molecule has 1 N–H and O–H groups in total. The highest BCUT2D eigenvalue weighted by Gasteiger charge is 2.06. The highest BCUT2D eigenvalue weighted by Crippen LogP contribution is 2.21. The topological polar surface area (TPSA) is 49.0 Å². The Bertz CT molecular complexity index is 572. The minimum absolute atomic E-state index is 0.338. The highest BCUT2D eigenvalue weighted by atomic mass is 79.9. The van der Waals surface area contributed by atoms with E-state index in [2.05, 4.69) is 34.2 Å². The summed E-state index contributed by atoms with van der Waals surface area (Å²) < 4.78 is 6.13. The molecule has 1 unspecified atom stereocenters. The van der Waals surface area contributed by atoms with Crippen LogP contribution < -0.4 is 5.32 Å². The summed E-state index contributed by atoms with van der Waals surface area (Å²) >= 11 is 3.39. The van der Waals surface area contributed by atoms with Crippen LogP contribution >= 0.6 is 15.9 Å². The minimum Gasteiger partial charge on any atom is -0.469 e. The van der Waals surface area contributed by atoms with Crippen LogP contribution in [0.1, 0.15) is 24.7 Å². The van der Waals surface area contributed by atoms with E-state index in [9.17, 15) is 0 Å². The molecule has 2 aromatic rings. The standard InChI is InChI=1S/C15H15BrN2O/c1-11(4-7-14-3-2-8-19-14)18-13-6-5-12(10-17)15(16)9-13/h2-3,5-6,8-9,11,18H,4,7H2,1H3. The molecule has 19 heavy (non-hydrogen) atoms. The summed E-state index contributed by atoms with van der Waals surface area (Å²) in [5.41, 5.74) is 1.66. The molecule has 4 heteroatoms. The second-order valence-electron chi connectivity index (χ2n) is 4.47. The number of hydrogen-bond acceptors (Lipinski definition) is 3. The predicted molar refractivity (Wildman–Crippen MR) is 79.0 cm³/mol. The molecule has 0 bridgehead atoms. The van der Waals surface area contributed by atoms with Crippen molar-refractivity contribution >= 4 is 21.6 Å². The molecular weight excluding hydrogens is 304 g/mol. The van der Waals surface area contributed by atoms with Gasteiger partial charge in [-0.25, -0.2) is 0 Å². The lowest BCUT2D eigenvalue weighted by molar-refractivity contribution is 0.495. The molecule has 0 aliphatic heterocycles. The first-order valence-electron chi connectivity index (χ1n) is 6.17. The van der Waals surface area contributed by atoms with Crippen molar-refractivity contribution in [2.45, 2.75) is 25.8 Å². The Morgan fingerprint density at radius 1 is 1.42 bits per heavy atom. The zero-order valence-electron chi connectivity index (χ0n) is 10.7. The maximum absolute atomic E-state index is 8.87. The summed E-state index contributed by atoms with van der Waals surface area (Å²) in [5.74, 6) is 1.01. The van der Waals surface area contributed by atoms with Gasteiger partial charge in [-0.1, -0.05) is 0 Å². The van der Waals surface area contributed by atoms with Crippen molar-refractivity contribution in [1.82, 2.24) is 0 Å². The van der Waals surface area contributed by atoms with E-state index in [1.54, 1.807) is 6.26 Å². The van der Waals surface area contributed by atoms with Crippen LogP contribution in [0.15, 0.2) is 45.5 Å². The van der Waals surface area contributed by atoms with Gasteiger partial charge in [0.05, 0.1) is 11.8 Å². The van der Waals surface area contributed by atoms with E-state index >= 15 is 0 Å². The Kier molecular flexibility index (Phi) is 4.64. The Balaban J connectivity index is 1.90. The van der Waals surface area contributed by atoms with Gasteiger partial charge in [0.25, 0.3) is 0 Å². The molecule has 0 aliphatic rings. The number of hydrogen-bond donors (Lipinski definition) is 1. The van der Waals surface area contributed by atoms with Crippen LogP contribution in [0.5, 0.6) is 0 Å². The number of nitriles is 1. The van der Waals surface area contributed by atoms with Gasteiger partial charge in [-0.15, -0.1) is 0 Å². The van der Waals surface area contributed by atoms with Crippen molar-refractivity contribution in [3.05, 3.63) is 52.4 Å². The van der Waals surface area contributed by atoms with Gasteiger partial charge in [0, 0.05) is 22.6 Å². The van der Waals surface area contributed by atoms with Crippen molar-refractivity contribution in [3.8, 4) is 6.07 Å². The molecule has 0 radical (unpaired) electrons. The van der Waals surface area contributed by atoms with Crippen LogP contribution in [0.3, 0.4) is 0 Å². The molecule has 0 saturated carbocycles. The monoisotopic (exact) mass is 318 g/mol. The molecule has 1 atom stereocenters. The SMILES string of the molecule is CC(CCc1ccco1)Nc1ccc(C#N)c(Br)c1. The number of nitrogens with one attached hydrogen (secondary N) is 1. The Labute approximate surface area is 121 Å². The normalized spacial score (nSPS) is 11.8. The molecule has 1 aromatic heterocycles. The van der Waals surface area contributed by atoms with Crippen molar-refractivity contribution in [2.75, 3.05) is 5.32 Å². The Morgan fingerprint density at radius 3 is 2.89 bits per heavy atom. The first-order chi connectivity index (χ1) is 9.19. The number of nitrogens with zero attached hydrogens (tertiary/aromatic N) is 1. The van der Waals surface area contributed by atoms with Gasteiger partial charge < -0.3 is 9.73 Å². The molecule has 0 spiro atoms. The fourth-order valence-corrected chi connectivity index (χ4v) is 2.33. The minimum atomic E-state index is 0.338. The van der Waals surface area contributed by atoms with Crippen molar-refractivity contribution < 1.29 is 4.42 Å². The molecule has 0 fully saturated rings. The van der Waals surface area contributed by atoms with Crippen molar-refractivity contribution in [3.63, 3.8) is 0 Å². The smallest absolute Gasteiger partial charge is 0.103 e. The van der Waals surface area contributed by atoms with Crippen molar-refractivity contribution in [1.29, 1.82) is 5.26 Å². The highest BCUT2D eigenvalue weighted by molar-refractivity contribution is 9.10. The van der Waals surface area contributed by atoms with Crippen molar-refractivity contribution in [2.24, 2.45) is 0 Å². The van der Waals surface area contributed by atoms with Crippen LogP contribution in [-0.2, 0) is 6.42 Å². The summed E-state index contributed by atoms with van der Waals surface area (Å²) in [6.45, 7) is 2.13. The van der Waals surface area contributed by atoms with Gasteiger partial charge in [-0.2, -0.15) is 5.26 Å². The fraction of sp³-hybridized carbons (Fsp3) is 0.267. The second kappa shape index (κ2) is 6.44. The Hall–Kier alpha value is -1.73. The van der Waals surface area contributed by atoms with Gasteiger partial charge in [0.2, 0.25) is 0 Å². The number of aryl methyl sites for hydroxylation is 1. The summed E-state index contributed by atoms with van der Waals surface area (Å²) in [4.78, 5) is 0. The molecule has 2 rings (SSSR count). The zero-order chi connectivity index (χ0) is 13.7. The number of anilines is 1. The molecule has 1 aromatic carbocycles. The lowest BCUT2D eigenvalue weighted by Gasteiger charge is -2.15. The second-order valence-corrected chi connectivity index (χ2v) is 5.32. The van der Waals surface area contributed by atoms with E-state index in [4.69, 9.17) is 9.68 Å². The van der Waals surface area contributed by atoms with E-state index in [1.165, 1.54) is 0 Å². The van der Waals surface area contributed by atoms with E-state index in [-0.39, 0.29) is 0 Å². The lowest BCUT2D eigenvalue weighted by Crippen LogP contribution is -2.15. The van der Waals surface area contributed by atoms with E-state index < -0.39 is 0 Å². The van der Waals surface area contributed by atoms with Gasteiger partial charge in [-0.05, 0) is 59.6 Å². The zero-order valence-corrected chi connectivity index (χ0v) is 12.3. The predicted octanol–water partition coefficient (Wildman–Crippen LogP) is 4.35. The van der Waals surface area contributed by atoms with Crippen LogP contribution in [0, 0.1) is 11.3 Å². The van der Waals surface area contributed by atoms with Crippen LogP contribution in [0.2, 0.25) is 0 Å². The average Bonchev–Trinajstić information content (AvgIpc) is 2.90. The summed E-state index contributed by atoms with van der Waals surface area (Å²) in [7, 11) is 0. The number of furan rings is 1. The van der Waals surface area contributed by atoms with Gasteiger partial charge in [0.15, 0.2) is 0 Å². The van der Waals surface area contributed by atoms with E-state index in [0.717, 1.165) is 28.8 Å². The quantitative estimate of drug-likeness (QED) is 0.891. The molecule has 3 nitrogen and oxygen atoms in total. The maximum Gasteiger partial charge on any atom is 0.103 e. The summed E-state index contributed by atoms with van der Waals surface area (Å²) in [5, 5.41) is 12.3. The van der Waals surface area contributed by atoms with Gasteiger partial charge in [0.1, 0.15) is 11.8 Å². The summed E-state index contributed by atoms with van der Waals surface area (Å²) in [6.07, 6.45) is 3.61. The van der Waals surface area contributed by atoms with Gasteiger partial charge >= 0.3 is 0 Å². The van der Waals surface area contributed by atoms with Crippen LogP contribution in [0.25, 0.3) is 0 Å². The molecule has 98 valence electrons. The van der Waals surface area contributed by atoms with Crippen LogP contribution in [-0.4, -0.2) is 6.04 Å². The third-order valence-electron chi connectivity index (χ3n) is 2.91. The first kappa shape index (κ1) is 13.7. The molecule has 0 saturated heterocycles. The molecule has 0 amide bonds. The van der Waals surface area contributed by atoms with Gasteiger partial charge in [-0.3, -0.25) is 0 Å². The first-order valence-corrected chi connectivity index (χ1v) is 6.97. The lowest BCUT2D eigenvalue weighted by atomic mass is 10.1. The third-order valence-corrected chi connectivity index (χ3v) is 3.56. The summed E-state index contributed by atoms with van der Waals surface area (Å²) in [6, 6.07) is 12.0. The largest absolute Gasteiger partial charge is 0.469 e. The Morgan fingerprint density at radius 2 is 2.26 bits per heavy atom. The number of rotatable bonds is 5. The molecule has 1 heterocycles. The van der Waals surface area contributed by atoms with Crippen LogP contribution in [0.4, 0.5) is 5.69 Å². The van der Waals surface area contributed by atoms with E-state index in [0.29, 0.717) is 11.6 Å². The molecular formula is C15H15BrN2O. The van der Waals surface area contributed by atoms with E-state index in [1.807, 2.05) is 30.3 Å². The number of benzene rings is 1. The fourth-order valence-electron chi connectivity index (χ4n) is 1.87. The third kappa shape index (κ3) is 3.87.